The van der Waals surface area contributed by atoms with Gasteiger partial charge in [-0.2, -0.15) is 52.7 Å². The fourth-order valence-corrected chi connectivity index (χ4v) is 6.75. The average molecular weight is 881 g/mol. The number of nitrogen functional groups attached to an aromatic ring is 4. The molecule has 62 heavy (non-hydrogen) atoms. The fourth-order valence-electron chi connectivity index (χ4n) is 6.75. The highest BCUT2D eigenvalue weighted by molar-refractivity contribution is 5.54. The molecule has 0 heterocycles. The van der Waals surface area contributed by atoms with Gasteiger partial charge in [0.05, 0.1) is 0 Å². The van der Waals surface area contributed by atoms with Gasteiger partial charge in [-0.25, -0.2) is 0 Å². The summed E-state index contributed by atoms with van der Waals surface area (Å²) in [5.74, 6) is 0.853. The number of halogens is 12. The molecule has 0 spiro atoms. The molecule has 0 aliphatic heterocycles. The first kappa shape index (κ1) is 46.3. The van der Waals surface area contributed by atoms with E-state index in [2.05, 4.69) is 0 Å². The summed E-state index contributed by atoms with van der Waals surface area (Å²) in [5, 5.41) is 0. The number of ether oxygens (including phenoxy) is 2. The lowest BCUT2D eigenvalue weighted by atomic mass is 9.72. The molecule has 0 aliphatic rings. The minimum Gasteiger partial charge on any atom is -0.457 e. The van der Waals surface area contributed by atoms with Crippen molar-refractivity contribution in [1.82, 2.24) is 0 Å². The first-order chi connectivity index (χ1) is 28.7. The van der Waals surface area contributed by atoms with Crippen LogP contribution in [0.2, 0.25) is 0 Å². The maximum atomic E-state index is 14.7. The van der Waals surface area contributed by atoms with Crippen LogP contribution in [-0.2, 0) is 10.8 Å². The topological polar surface area (TPSA) is 123 Å². The summed E-state index contributed by atoms with van der Waals surface area (Å²) >= 11 is 0. The zero-order valence-corrected chi connectivity index (χ0v) is 32.4. The zero-order valence-electron chi connectivity index (χ0n) is 32.4. The standard InChI is InChI=1S/C29H24F6N2O2.C15H12F6N2/c1-17-15-19(3-13-25(17)38-23-9-5-21(36)6-10-23)27(28(30,31)32,29(33,34)35)20-4-14-26(18(2)16-20)39-24-11-7-22(37)8-12-24;16-14(17,18)13(15(19,20)21,9-1-5-11(22)6-2-9)10-3-7-12(23)8-4-10/h3-16H,36-37H2,1-2H3;1-8H,22-23H2. The SMILES string of the molecule is Cc1cc(C(c2ccc(Oc3ccc(N)cc3)c(C)c2)(C(F)(F)F)C(F)(F)F)ccc1Oc1ccc(N)cc1.Nc1ccc(C(c2ccc(N)cc2)(C(F)(F)F)C(F)(F)F)cc1. The third kappa shape index (κ3) is 8.99. The van der Waals surface area contributed by atoms with Crippen LogP contribution in [0.3, 0.4) is 0 Å². The highest BCUT2D eigenvalue weighted by atomic mass is 19.4. The van der Waals surface area contributed by atoms with Crippen LogP contribution in [0.4, 0.5) is 75.4 Å². The van der Waals surface area contributed by atoms with Crippen molar-refractivity contribution in [2.45, 2.75) is 49.4 Å². The predicted molar refractivity (Wildman–Crippen MR) is 212 cm³/mol. The van der Waals surface area contributed by atoms with Crippen LogP contribution in [0.1, 0.15) is 33.4 Å². The predicted octanol–water partition coefficient (Wildman–Crippen LogP) is 12.7. The van der Waals surface area contributed by atoms with E-state index in [0.717, 1.165) is 84.9 Å². The molecule has 6 aromatic rings. The molecule has 0 atom stereocenters. The fraction of sp³-hybridized carbons (Fsp3) is 0.182. The van der Waals surface area contributed by atoms with Gasteiger partial charge >= 0.3 is 24.7 Å². The van der Waals surface area contributed by atoms with E-state index in [1.165, 1.54) is 38.1 Å². The number of anilines is 4. The van der Waals surface area contributed by atoms with Crippen molar-refractivity contribution in [3.8, 4) is 23.0 Å². The van der Waals surface area contributed by atoms with Gasteiger partial charge < -0.3 is 32.4 Å². The van der Waals surface area contributed by atoms with E-state index in [1.807, 2.05) is 0 Å². The second kappa shape index (κ2) is 17.0. The Hall–Kier alpha value is -6.72. The summed E-state index contributed by atoms with van der Waals surface area (Å²) in [4.78, 5) is 0. The molecule has 0 bridgehead atoms. The average Bonchev–Trinajstić information content (AvgIpc) is 3.15. The molecular formula is C44H36F12N4O2. The summed E-state index contributed by atoms with van der Waals surface area (Å²) in [6.45, 7) is 2.75. The van der Waals surface area contributed by atoms with Crippen LogP contribution >= 0.6 is 0 Å². The molecule has 328 valence electrons. The summed E-state index contributed by atoms with van der Waals surface area (Å²) in [6.07, 6.45) is -22.7. The molecule has 0 saturated heterocycles. The van der Waals surface area contributed by atoms with Crippen molar-refractivity contribution in [3.05, 3.63) is 167 Å². The van der Waals surface area contributed by atoms with Crippen molar-refractivity contribution in [3.63, 3.8) is 0 Å². The Morgan fingerprint density at radius 2 is 0.548 bits per heavy atom. The molecule has 0 aromatic heterocycles. The lowest BCUT2D eigenvalue weighted by Crippen LogP contribution is -2.54. The van der Waals surface area contributed by atoms with Gasteiger partial charge in [-0.05, 0) is 132 Å². The van der Waals surface area contributed by atoms with Crippen LogP contribution in [-0.4, -0.2) is 24.7 Å². The normalized spacial score (nSPS) is 12.6. The molecule has 8 N–H and O–H groups in total. The van der Waals surface area contributed by atoms with E-state index < -0.39 is 57.8 Å². The molecule has 6 aromatic carbocycles. The Morgan fingerprint density at radius 1 is 0.323 bits per heavy atom. The van der Waals surface area contributed by atoms with Crippen molar-refractivity contribution in [2.75, 3.05) is 22.9 Å². The Bertz CT molecular complexity index is 2290. The maximum absolute atomic E-state index is 14.7. The van der Waals surface area contributed by atoms with Gasteiger partial charge in [-0.3, -0.25) is 0 Å². The smallest absolute Gasteiger partial charge is 0.411 e. The minimum atomic E-state index is -5.73. The molecule has 6 rings (SSSR count). The lowest BCUT2D eigenvalue weighted by Gasteiger charge is -2.38. The van der Waals surface area contributed by atoms with Gasteiger partial charge in [0.15, 0.2) is 0 Å². The minimum absolute atomic E-state index is 0.0595. The number of hydrogen-bond donors (Lipinski definition) is 4. The van der Waals surface area contributed by atoms with Crippen LogP contribution in [0.15, 0.2) is 133 Å². The number of aryl methyl sites for hydroxylation is 2. The zero-order chi connectivity index (χ0) is 46.1. The molecule has 0 unspecified atom stereocenters. The molecule has 0 amide bonds. The van der Waals surface area contributed by atoms with E-state index in [4.69, 9.17) is 32.4 Å². The van der Waals surface area contributed by atoms with Gasteiger partial charge in [-0.1, -0.05) is 48.5 Å². The largest absolute Gasteiger partial charge is 0.457 e. The molecule has 18 heteroatoms. The number of rotatable bonds is 8. The monoisotopic (exact) mass is 880 g/mol. The van der Waals surface area contributed by atoms with Gasteiger partial charge in [0.25, 0.3) is 0 Å². The Balaban J connectivity index is 0.000000269. The van der Waals surface area contributed by atoms with Crippen molar-refractivity contribution < 1.29 is 62.2 Å². The van der Waals surface area contributed by atoms with Crippen LogP contribution < -0.4 is 32.4 Å². The maximum Gasteiger partial charge on any atom is 0.411 e. The summed E-state index contributed by atoms with van der Waals surface area (Å²) < 4.78 is 181. The van der Waals surface area contributed by atoms with Crippen molar-refractivity contribution in [1.29, 1.82) is 0 Å². The van der Waals surface area contributed by atoms with Crippen LogP contribution in [0, 0.1) is 13.8 Å². The van der Waals surface area contributed by atoms with E-state index in [1.54, 1.807) is 24.3 Å². The first-order valence-electron chi connectivity index (χ1n) is 18.0. The second-order valence-electron chi connectivity index (χ2n) is 14.0. The van der Waals surface area contributed by atoms with Gasteiger partial charge in [0, 0.05) is 22.7 Å². The Morgan fingerprint density at radius 3 is 0.790 bits per heavy atom. The molecular weight excluding hydrogens is 844 g/mol. The summed E-state index contributed by atoms with van der Waals surface area (Å²) in [6, 6.07) is 24.7. The lowest BCUT2D eigenvalue weighted by molar-refractivity contribution is -0.290. The molecule has 0 radical (unpaired) electrons. The third-order valence-electron chi connectivity index (χ3n) is 9.82. The van der Waals surface area contributed by atoms with E-state index in [-0.39, 0.29) is 34.0 Å². The Labute approximate surface area is 346 Å². The van der Waals surface area contributed by atoms with Crippen LogP contribution in [0.25, 0.3) is 0 Å². The van der Waals surface area contributed by atoms with Gasteiger partial charge in [0.2, 0.25) is 10.8 Å². The van der Waals surface area contributed by atoms with Crippen molar-refractivity contribution >= 4 is 22.7 Å². The molecule has 0 aliphatic carbocycles. The Kier molecular flexibility index (Phi) is 12.7. The second-order valence-corrected chi connectivity index (χ2v) is 14.0. The van der Waals surface area contributed by atoms with Crippen LogP contribution in [0.5, 0.6) is 23.0 Å². The number of alkyl halides is 12. The molecule has 6 nitrogen and oxygen atoms in total. The highest BCUT2D eigenvalue weighted by Crippen LogP contribution is 2.58. The number of benzene rings is 6. The third-order valence-corrected chi connectivity index (χ3v) is 9.82. The first-order valence-corrected chi connectivity index (χ1v) is 18.0. The summed E-state index contributed by atoms with van der Waals surface area (Å²) in [5.41, 5.74) is 10.9. The van der Waals surface area contributed by atoms with E-state index >= 15 is 0 Å². The number of nitrogens with two attached hydrogens (primary N) is 4. The van der Waals surface area contributed by atoms with Crippen molar-refractivity contribution in [2.24, 2.45) is 0 Å². The highest BCUT2D eigenvalue weighted by Gasteiger charge is 2.73. The molecule has 0 fully saturated rings. The van der Waals surface area contributed by atoms with E-state index in [0.29, 0.717) is 22.9 Å². The molecule has 0 saturated carbocycles. The number of hydrogen-bond acceptors (Lipinski definition) is 6. The van der Waals surface area contributed by atoms with Gasteiger partial charge in [0.1, 0.15) is 23.0 Å². The van der Waals surface area contributed by atoms with Gasteiger partial charge in [-0.15, -0.1) is 0 Å². The summed E-state index contributed by atoms with van der Waals surface area (Å²) in [7, 11) is 0. The van der Waals surface area contributed by atoms with E-state index in [9.17, 15) is 52.7 Å². The quantitative estimate of drug-likeness (QED) is 0.0892.